The van der Waals surface area contributed by atoms with Crippen molar-refractivity contribution in [2.24, 2.45) is 0 Å². The molecule has 0 bridgehead atoms. The van der Waals surface area contributed by atoms with Gasteiger partial charge in [0, 0.05) is 17.0 Å². The van der Waals surface area contributed by atoms with Crippen LogP contribution >= 0.6 is 11.3 Å². The van der Waals surface area contributed by atoms with Crippen LogP contribution < -0.4 is 9.47 Å². The minimum absolute atomic E-state index is 0.400. The van der Waals surface area contributed by atoms with E-state index in [1.807, 2.05) is 41.8 Å². The number of ether oxygens (including phenoxy) is 2. The van der Waals surface area contributed by atoms with Crippen molar-refractivity contribution in [1.29, 1.82) is 0 Å². The van der Waals surface area contributed by atoms with Crippen LogP contribution in [0, 0.1) is 0 Å². The van der Waals surface area contributed by atoms with Gasteiger partial charge in [0.2, 0.25) is 0 Å². The van der Waals surface area contributed by atoms with Gasteiger partial charge in [-0.05, 0) is 46.7 Å². The van der Waals surface area contributed by atoms with Gasteiger partial charge in [0.05, 0.1) is 12.8 Å². The Hall–Kier alpha value is -2.93. The summed E-state index contributed by atoms with van der Waals surface area (Å²) in [4.78, 5) is 4.61. The highest BCUT2D eigenvalue weighted by molar-refractivity contribution is 7.09. The summed E-state index contributed by atoms with van der Waals surface area (Å²) in [6, 6.07) is 13.3. The third-order valence-corrected chi connectivity index (χ3v) is 4.35. The summed E-state index contributed by atoms with van der Waals surface area (Å²) in [5, 5.41) is 10.5. The highest BCUT2D eigenvalue weighted by Crippen LogP contribution is 2.25. The number of rotatable bonds is 5. The monoisotopic (exact) mass is 339 g/mol. The lowest BCUT2D eigenvalue weighted by molar-refractivity contribution is 0.305. The Morgan fingerprint density at radius 2 is 1.79 bits per heavy atom. The molecule has 0 spiro atoms. The predicted octanol–water partition coefficient (Wildman–Crippen LogP) is 3.93. The zero-order valence-corrected chi connectivity index (χ0v) is 13.6. The molecule has 0 unspecified atom stereocenters. The number of fused-ring (bicyclic) bond motifs is 1. The number of nitrogens with zero attached hydrogens (tertiary/aromatic N) is 3. The van der Waals surface area contributed by atoms with Crippen molar-refractivity contribution in [2.75, 3.05) is 7.11 Å². The van der Waals surface area contributed by atoms with E-state index in [-0.39, 0.29) is 0 Å². The third-order valence-electron chi connectivity index (χ3n) is 3.53. The molecule has 4 aromatic rings. The summed E-state index contributed by atoms with van der Waals surface area (Å²) in [5.74, 6) is 1.54. The van der Waals surface area contributed by atoms with E-state index in [0.29, 0.717) is 23.4 Å². The lowest BCUT2D eigenvalue weighted by atomic mass is 10.2. The second-order valence-electron chi connectivity index (χ2n) is 5.06. The molecule has 120 valence electrons. The summed E-state index contributed by atoms with van der Waals surface area (Å²) >= 11 is 1.57. The van der Waals surface area contributed by atoms with Gasteiger partial charge in [-0.15, -0.1) is 11.3 Å². The lowest BCUT2D eigenvalue weighted by Crippen LogP contribution is -1.94. The molecule has 7 heteroatoms. The van der Waals surface area contributed by atoms with Gasteiger partial charge in [0.15, 0.2) is 0 Å². The number of hydrogen-bond donors (Lipinski definition) is 0. The molecule has 2 aromatic carbocycles. The zero-order valence-electron chi connectivity index (χ0n) is 12.8. The highest BCUT2D eigenvalue weighted by atomic mass is 32.1. The van der Waals surface area contributed by atoms with Crippen LogP contribution in [-0.4, -0.2) is 22.4 Å². The van der Waals surface area contributed by atoms with E-state index in [1.165, 1.54) is 0 Å². The molecule has 0 saturated carbocycles. The normalized spacial score (nSPS) is 10.9. The Bertz CT molecular complexity index is 963. The third kappa shape index (κ3) is 2.93. The van der Waals surface area contributed by atoms with Crippen molar-refractivity contribution in [3.8, 4) is 22.8 Å². The molecule has 0 saturated heterocycles. The van der Waals surface area contributed by atoms with Gasteiger partial charge < -0.3 is 9.47 Å². The molecule has 0 atom stereocenters. The van der Waals surface area contributed by atoms with Gasteiger partial charge in [-0.1, -0.05) is 0 Å². The number of benzene rings is 2. The van der Waals surface area contributed by atoms with Gasteiger partial charge in [-0.3, -0.25) is 0 Å². The minimum Gasteiger partial charge on any atom is -0.497 e. The quantitative estimate of drug-likeness (QED) is 0.548. The first-order valence-corrected chi connectivity index (χ1v) is 8.14. The topological polar surface area (TPSA) is 70.3 Å². The standard InChI is InChI=1S/C17H13N3O3S/c1-21-12-4-2-11(3-5-12)16-10-24-17(18-16)9-22-13-6-7-14-15(8-13)20-23-19-14/h2-8,10H,9H2,1H3. The van der Waals surface area contributed by atoms with Crippen LogP contribution in [0.4, 0.5) is 0 Å². The van der Waals surface area contributed by atoms with Gasteiger partial charge in [-0.25, -0.2) is 9.61 Å². The van der Waals surface area contributed by atoms with Crippen molar-refractivity contribution in [3.05, 3.63) is 52.9 Å². The summed E-state index contributed by atoms with van der Waals surface area (Å²) < 4.78 is 15.6. The van der Waals surface area contributed by atoms with Crippen LogP contribution in [0.25, 0.3) is 22.3 Å². The molecule has 24 heavy (non-hydrogen) atoms. The Kier molecular flexibility index (Phi) is 3.84. The Labute approximate surface area is 141 Å². The highest BCUT2D eigenvalue weighted by Gasteiger charge is 2.07. The summed E-state index contributed by atoms with van der Waals surface area (Å²) in [7, 11) is 1.65. The number of methoxy groups -OCH3 is 1. The van der Waals surface area contributed by atoms with Crippen LogP contribution in [-0.2, 0) is 6.61 Å². The van der Waals surface area contributed by atoms with E-state index in [2.05, 4.69) is 19.9 Å². The molecule has 0 amide bonds. The van der Waals surface area contributed by atoms with Crippen molar-refractivity contribution in [3.63, 3.8) is 0 Å². The van der Waals surface area contributed by atoms with Gasteiger partial charge >= 0.3 is 0 Å². The summed E-state index contributed by atoms with van der Waals surface area (Å²) in [5.41, 5.74) is 3.36. The first kappa shape index (κ1) is 14.6. The molecule has 2 heterocycles. The van der Waals surface area contributed by atoms with Crippen LogP contribution in [0.3, 0.4) is 0 Å². The van der Waals surface area contributed by atoms with E-state index in [1.54, 1.807) is 24.5 Å². The largest absolute Gasteiger partial charge is 0.497 e. The second kappa shape index (κ2) is 6.29. The van der Waals surface area contributed by atoms with Crippen LogP contribution in [0.1, 0.15) is 5.01 Å². The second-order valence-corrected chi connectivity index (χ2v) is 6.00. The number of hydrogen-bond acceptors (Lipinski definition) is 7. The van der Waals surface area contributed by atoms with Crippen LogP contribution in [0.2, 0.25) is 0 Å². The SMILES string of the molecule is COc1ccc(-c2csc(COc3ccc4nonc4c3)n2)cc1. The fourth-order valence-electron chi connectivity index (χ4n) is 2.27. The fraction of sp³-hybridized carbons (Fsp3) is 0.118. The first-order valence-electron chi connectivity index (χ1n) is 7.26. The molecule has 2 aromatic heterocycles. The average molecular weight is 339 g/mol. The minimum atomic E-state index is 0.400. The molecular formula is C17H13N3O3S. The maximum Gasteiger partial charge on any atom is 0.140 e. The van der Waals surface area contributed by atoms with Crippen molar-refractivity contribution < 1.29 is 14.1 Å². The number of aromatic nitrogens is 3. The van der Waals surface area contributed by atoms with Crippen molar-refractivity contribution in [1.82, 2.24) is 15.3 Å². The van der Waals surface area contributed by atoms with Crippen LogP contribution in [0.15, 0.2) is 52.5 Å². The molecule has 6 nitrogen and oxygen atoms in total. The van der Waals surface area contributed by atoms with Crippen molar-refractivity contribution in [2.45, 2.75) is 6.61 Å². The molecular weight excluding hydrogens is 326 g/mol. The average Bonchev–Trinajstić information content (AvgIpc) is 3.29. The molecule has 0 aliphatic heterocycles. The predicted molar refractivity (Wildman–Crippen MR) is 90.2 cm³/mol. The van der Waals surface area contributed by atoms with E-state index in [0.717, 1.165) is 22.0 Å². The summed E-state index contributed by atoms with van der Waals surface area (Å²) in [6.07, 6.45) is 0. The molecule has 0 aliphatic carbocycles. The van der Waals surface area contributed by atoms with Crippen molar-refractivity contribution >= 4 is 22.4 Å². The maximum absolute atomic E-state index is 5.77. The molecule has 0 N–H and O–H groups in total. The smallest absolute Gasteiger partial charge is 0.140 e. The Balaban J connectivity index is 1.46. The molecule has 0 radical (unpaired) electrons. The Morgan fingerprint density at radius 1 is 1.00 bits per heavy atom. The Morgan fingerprint density at radius 3 is 2.62 bits per heavy atom. The van der Waals surface area contributed by atoms with Gasteiger partial charge in [0.25, 0.3) is 0 Å². The van der Waals surface area contributed by atoms with Gasteiger partial charge in [-0.2, -0.15) is 0 Å². The summed E-state index contributed by atoms with van der Waals surface area (Å²) in [6.45, 7) is 0.400. The zero-order chi connectivity index (χ0) is 16.4. The number of thiazole rings is 1. The molecule has 0 aliphatic rings. The molecule has 4 rings (SSSR count). The lowest BCUT2D eigenvalue weighted by Gasteiger charge is -2.03. The van der Waals surface area contributed by atoms with Gasteiger partial charge in [0.1, 0.15) is 34.1 Å². The van der Waals surface area contributed by atoms with E-state index < -0.39 is 0 Å². The fourth-order valence-corrected chi connectivity index (χ4v) is 2.98. The van der Waals surface area contributed by atoms with E-state index >= 15 is 0 Å². The molecule has 0 fully saturated rings. The first-order chi connectivity index (χ1) is 11.8. The van der Waals surface area contributed by atoms with E-state index in [4.69, 9.17) is 9.47 Å². The maximum atomic E-state index is 5.77. The van der Waals surface area contributed by atoms with Crippen LogP contribution in [0.5, 0.6) is 11.5 Å². The van der Waals surface area contributed by atoms with E-state index in [9.17, 15) is 0 Å².